The molecule has 1 amide bonds. The summed E-state index contributed by atoms with van der Waals surface area (Å²) in [6.45, 7) is 0. The molecule has 0 bridgehead atoms. The average molecular weight is 427 g/mol. The van der Waals surface area contributed by atoms with Crippen LogP contribution in [0, 0.1) is 23.3 Å². The molecule has 1 N–H and O–H groups in total. The largest absolute Gasteiger partial charge is 0.416 e. The van der Waals surface area contributed by atoms with Crippen molar-refractivity contribution in [3.63, 3.8) is 0 Å². The van der Waals surface area contributed by atoms with E-state index in [0.29, 0.717) is 23.8 Å². The first kappa shape index (κ1) is 21.4. The minimum absolute atomic E-state index is 0.113. The standard InChI is InChI=1S/C21H12F7NO/c22-13-4-3-12(16(8-13)21(26,27)28)7-11-1-5-15(6-2-11)29-20(30)19-17(24)9-14(23)10-18(19)25/h1-6,8-10H,7H2,(H,29,30). The van der Waals surface area contributed by atoms with Crippen molar-refractivity contribution in [3.05, 3.63) is 100 Å². The number of carbonyl (C=O) groups is 1. The van der Waals surface area contributed by atoms with Crippen LogP contribution in [0.5, 0.6) is 0 Å². The van der Waals surface area contributed by atoms with Crippen molar-refractivity contribution in [2.45, 2.75) is 12.6 Å². The van der Waals surface area contributed by atoms with Gasteiger partial charge in [-0.2, -0.15) is 13.2 Å². The number of hydrogen-bond donors (Lipinski definition) is 1. The Labute approximate surface area is 166 Å². The quantitative estimate of drug-likeness (QED) is 0.501. The predicted molar refractivity (Wildman–Crippen MR) is 94.9 cm³/mol. The Morgan fingerprint density at radius 3 is 1.97 bits per heavy atom. The summed E-state index contributed by atoms with van der Waals surface area (Å²) in [6, 6.07) is 8.54. The van der Waals surface area contributed by atoms with E-state index in [1.807, 2.05) is 0 Å². The Bertz CT molecular complexity index is 1070. The number of alkyl halides is 3. The number of carbonyl (C=O) groups excluding carboxylic acids is 1. The number of nitrogens with one attached hydrogen (secondary N) is 1. The number of benzene rings is 3. The molecule has 0 saturated carbocycles. The summed E-state index contributed by atoms with van der Waals surface area (Å²) in [4.78, 5) is 12.1. The van der Waals surface area contributed by atoms with Crippen LogP contribution in [0.4, 0.5) is 36.4 Å². The Morgan fingerprint density at radius 1 is 0.800 bits per heavy atom. The fourth-order valence-corrected chi connectivity index (χ4v) is 2.85. The van der Waals surface area contributed by atoms with Crippen LogP contribution in [0.2, 0.25) is 0 Å². The fraction of sp³-hybridized carbons (Fsp3) is 0.0952. The number of hydrogen-bond acceptors (Lipinski definition) is 1. The molecular formula is C21H12F7NO. The highest BCUT2D eigenvalue weighted by atomic mass is 19.4. The molecule has 0 atom stereocenters. The molecule has 30 heavy (non-hydrogen) atoms. The van der Waals surface area contributed by atoms with Crippen molar-refractivity contribution in [2.75, 3.05) is 5.32 Å². The molecule has 0 spiro atoms. The van der Waals surface area contributed by atoms with Gasteiger partial charge in [-0.25, -0.2) is 17.6 Å². The van der Waals surface area contributed by atoms with E-state index in [0.717, 1.165) is 12.1 Å². The molecule has 0 fully saturated rings. The zero-order valence-corrected chi connectivity index (χ0v) is 15.0. The molecule has 3 aromatic carbocycles. The summed E-state index contributed by atoms with van der Waals surface area (Å²) in [5.74, 6) is -6.10. The van der Waals surface area contributed by atoms with Crippen molar-refractivity contribution >= 4 is 11.6 Å². The molecule has 9 heteroatoms. The molecule has 0 aliphatic heterocycles. The van der Waals surface area contributed by atoms with Crippen molar-refractivity contribution < 1.29 is 35.5 Å². The monoisotopic (exact) mass is 427 g/mol. The van der Waals surface area contributed by atoms with Crippen LogP contribution in [-0.2, 0) is 12.6 Å². The first-order valence-corrected chi connectivity index (χ1v) is 8.45. The van der Waals surface area contributed by atoms with E-state index in [-0.39, 0.29) is 17.7 Å². The van der Waals surface area contributed by atoms with Crippen LogP contribution in [0.25, 0.3) is 0 Å². The van der Waals surface area contributed by atoms with Gasteiger partial charge in [0.25, 0.3) is 5.91 Å². The SMILES string of the molecule is O=C(Nc1ccc(Cc2ccc(F)cc2C(F)(F)F)cc1)c1c(F)cc(F)cc1F. The second-order valence-electron chi connectivity index (χ2n) is 6.37. The lowest BCUT2D eigenvalue weighted by atomic mass is 9.99. The van der Waals surface area contributed by atoms with Crippen molar-refractivity contribution in [3.8, 4) is 0 Å². The molecule has 3 rings (SSSR count). The van der Waals surface area contributed by atoms with Crippen LogP contribution in [0.15, 0.2) is 54.6 Å². The second kappa shape index (κ2) is 8.17. The molecule has 2 nitrogen and oxygen atoms in total. The molecule has 0 heterocycles. The van der Waals surface area contributed by atoms with Gasteiger partial charge in [-0.15, -0.1) is 0 Å². The van der Waals surface area contributed by atoms with E-state index in [9.17, 15) is 35.5 Å². The molecule has 0 unspecified atom stereocenters. The maximum Gasteiger partial charge on any atom is 0.416 e. The summed E-state index contributed by atoms with van der Waals surface area (Å²) >= 11 is 0. The Morgan fingerprint density at radius 2 is 1.40 bits per heavy atom. The summed E-state index contributed by atoms with van der Waals surface area (Å²) in [7, 11) is 0. The molecule has 0 aliphatic rings. The van der Waals surface area contributed by atoms with Gasteiger partial charge in [0.1, 0.15) is 28.8 Å². The van der Waals surface area contributed by atoms with Crippen LogP contribution in [0.3, 0.4) is 0 Å². The highest BCUT2D eigenvalue weighted by molar-refractivity contribution is 6.04. The second-order valence-corrected chi connectivity index (χ2v) is 6.37. The van der Waals surface area contributed by atoms with Crippen molar-refractivity contribution in [1.29, 1.82) is 0 Å². The third-order valence-electron chi connectivity index (χ3n) is 4.22. The van der Waals surface area contributed by atoms with Gasteiger partial charge in [-0.3, -0.25) is 4.79 Å². The topological polar surface area (TPSA) is 29.1 Å². The molecule has 0 saturated heterocycles. The van der Waals surface area contributed by atoms with Crippen LogP contribution >= 0.6 is 0 Å². The molecular weight excluding hydrogens is 415 g/mol. The summed E-state index contributed by atoms with van der Waals surface area (Å²) in [6.07, 6.45) is -4.89. The van der Waals surface area contributed by atoms with E-state index >= 15 is 0 Å². The van der Waals surface area contributed by atoms with E-state index < -0.39 is 46.5 Å². The first-order chi connectivity index (χ1) is 14.0. The lowest BCUT2D eigenvalue weighted by molar-refractivity contribution is -0.138. The molecule has 0 aromatic heterocycles. The molecule has 0 radical (unpaired) electrons. The van der Waals surface area contributed by atoms with Gasteiger partial charge in [0.2, 0.25) is 0 Å². The third-order valence-corrected chi connectivity index (χ3v) is 4.22. The van der Waals surface area contributed by atoms with Crippen LogP contribution in [-0.4, -0.2) is 5.91 Å². The number of amides is 1. The van der Waals surface area contributed by atoms with Gasteiger partial charge in [0.05, 0.1) is 5.56 Å². The summed E-state index contributed by atoms with van der Waals surface area (Å²) in [5, 5.41) is 2.22. The highest BCUT2D eigenvalue weighted by Gasteiger charge is 2.33. The summed E-state index contributed by atoms with van der Waals surface area (Å²) in [5.41, 5.74) is -1.67. The highest BCUT2D eigenvalue weighted by Crippen LogP contribution is 2.33. The minimum Gasteiger partial charge on any atom is -0.322 e. The lowest BCUT2D eigenvalue weighted by Gasteiger charge is -2.13. The average Bonchev–Trinajstić information content (AvgIpc) is 2.63. The zero-order chi connectivity index (χ0) is 22.1. The fourth-order valence-electron chi connectivity index (χ4n) is 2.85. The van der Waals surface area contributed by atoms with Gasteiger partial charge in [0, 0.05) is 17.8 Å². The van der Waals surface area contributed by atoms with Gasteiger partial charge in [-0.1, -0.05) is 18.2 Å². The predicted octanol–water partition coefficient (Wildman–Crippen LogP) is 6.10. The third kappa shape index (κ3) is 4.79. The van der Waals surface area contributed by atoms with Gasteiger partial charge >= 0.3 is 6.18 Å². The van der Waals surface area contributed by atoms with Crippen LogP contribution < -0.4 is 5.32 Å². The number of halogens is 7. The van der Waals surface area contributed by atoms with E-state index in [1.54, 1.807) is 0 Å². The summed E-state index contributed by atoms with van der Waals surface area (Å²) < 4.78 is 92.8. The number of anilines is 1. The Balaban J connectivity index is 1.78. The lowest BCUT2D eigenvalue weighted by Crippen LogP contribution is -2.16. The normalized spacial score (nSPS) is 11.4. The van der Waals surface area contributed by atoms with Gasteiger partial charge < -0.3 is 5.32 Å². The maximum atomic E-state index is 13.7. The van der Waals surface area contributed by atoms with Crippen molar-refractivity contribution in [2.24, 2.45) is 0 Å². The first-order valence-electron chi connectivity index (χ1n) is 8.45. The van der Waals surface area contributed by atoms with E-state index in [4.69, 9.17) is 0 Å². The Kier molecular flexibility index (Phi) is 5.82. The number of rotatable bonds is 4. The smallest absolute Gasteiger partial charge is 0.322 e. The molecule has 3 aromatic rings. The van der Waals surface area contributed by atoms with Crippen LogP contribution in [0.1, 0.15) is 27.0 Å². The van der Waals surface area contributed by atoms with Gasteiger partial charge in [0.15, 0.2) is 0 Å². The van der Waals surface area contributed by atoms with E-state index in [1.165, 1.54) is 24.3 Å². The van der Waals surface area contributed by atoms with Crippen molar-refractivity contribution in [1.82, 2.24) is 0 Å². The zero-order valence-electron chi connectivity index (χ0n) is 15.0. The Hall–Kier alpha value is -3.36. The molecule has 156 valence electrons. The minimum atomic E-state index is -4.73. The maximum absolute atomic E-state index is 13.7. The molecule has 0 aliphatic carbocycles. The van der Waals surface area contributed by atoms with E-state index in [2.05, 4.69) is 5.32 Å². The van der Waals surface area contributed by atoms with Gasteiger partial charge in [-0.05, 0) is 41.8 Å².